The third-order valence-corrected chi connectivity index (χ3v) is 3.73. The van der Waals surface area contributed by atoms with Crippen LogP contribution in [0.25, 0.3) is 0 Å². The topological polar surface area (TPSA) is 75.8 Å². The van der Waals surface area contributed by atoms with Crippen molar-refractivity contribution in [3.05, 3.63) is 0 Å². The fourth-order valence-corrected chi connectivity index (χ4v) is 2.51. The molecule has 0 radical (unpaired) electrons. The van der Waals surface area contributed by atoms with E-state index in [2.05, 4.69) is 4.90 Å². The Kier molecular flexibility index (Phi) is 3.19. The molecular formula is C11H20N2O3. The molecule has 0 bridgehead atoms. The molecule has 1 heterocycles. The SMILES string of the molecule is COCC(C1CC1)N1CCC(N)(C(=O)O)C1. The maximum atomic E-state index is 11.1. The summed E-state index contributed by atoms with van der Waals surface area (Å²) in [5.41, 5.74) is 4.81. The molecule has 2 atom stereocenters. The maximum absolute atomic E-state index is 11.1. The highest BCUT2D eigenvalue weighted by molar-refractivity contribution is 5.79. The van der Waals surface area contributed by atoms with Crippen LogP contribution in [-0.2, 0) is 9.53 Å². The van der Waals surface area contributed by atoms with E-state index in [0.717, 1.165) is 6.54 Å². The average Bonchev–Trinajstić information content (AvgIpc) is 2.98. The lowest BCUT2D eigenvalue weighted by Crippen LogP contribution is -2.51. The number of aliphatic carboxylic acids is 1. The van der Waals surface area contributed by atoms with E-state index in [1.165, 1.54) is 12.8 Å². The standard InChI is InChI=1S/C11H20N2O3/c1-16-6-9(8-2-3-8)13-5-4-11(12,7-13)10(14)15/h8-9H,2-7,12H2,1H3,(H,14,15). The Balaban J connectivity index is 1.98. The highest BCUT2D eigenvalue weighted by Gasteiger charge is 2.46. The normalized spacial score (nSPS) is 32.9. The molecule has 5 heteroatoms. The molecule has 0 aromatic heterocycles. The Morgan fingerprint density at radius 1 is 1.69 bits per heavy atom. The second-order valence-corrected chi connectivity index (χ2v) is 5.04. The van der Waals surface area contributed by atoms with Gasteiger partial charge in [-0.2, -0.15) is 0 Å². The minimum Gasteiger partial charge on any atom is -0.480 e. The first-order valence-electron chi connectivity index (χ1n) is 5.82. The van der Waals surface area contributed by atoms with E-state index in [1.807, 2.05) is 0 Å². The molecule has 1 aliphatic carbocycles. The number of likely N-dealkylation sites (tertiary alicyclic amines) is 1. The van der Waals surface area contributed by atoms with Gasteiger partial charge in [0.25, 0.3) is 0 Å². The quantitative estimate of drug-likeness (QED) is 0.687. The van der Waals surface area contributed by atoms with Gasteiger partial charge < -0.3 is 15.6 Å². The lowest BCUT2D eigenvalue weighted by molar-refractivity contribution is -0.142. The molecule has 2 fully saturated rings. The summed E-state index contributed by atoms with van der Waals surface area (Å²) in [5, 5.41) is 9.07. The summed E-state index contributed by atoms with van der Waals surface area (Å²) in [4.78, 5) is 13.2. The number of methoxy groups -OCH3 is 1. The minimum atomic E-state index is -1.05. The van der Waals surface area contributed by atoms with E-state index in [4.69, 9.17) is 15.6 Å². The largest absolute Gasteiger partial charge is 0.480 e. The van der Waals surface area contributed by atoms with Crippen LogP contribution in [0.15, 0.2) is 0 Å². The molecule has 92 valence electrons. The summed E-state index contributed by atoms with van der Waals surface area (Å²) in [5.74, 6) is -0.210. The van der Waals surface area contributed by atoms with E-state index in [0.29, 0.717) is 31.5 Å². The van der Waals surface area contributed by atoms with Crippen molar-refractivity contribution in [1.29, 1.82) is 0 Å². The van der Waals surface area contributed by atoms with Crippen molar-refractivity contribution in [1.82, 2.24) is 4.90 Å². The van der Waals surface area contributed by atoms with Crippen molar-refractivity contribution in [3.8, 4) is 0 Å². The number of hydrogen-bond donors (Lipinski definition) is 2. The highest BCUT2D eigenvalue weighted by Crippen LogP contribution is 2.37. The Labute approximate surface area is 95.5 Å². The van der Waals surface area contributed by atoms with Crippen molar-refractivity contribution in [2.75, 3.05) is 26.8 Å². The lowest BCUT2D eigenvalue weighted by Gasteiger charge is -2.28. The smallest absolute Gasteiger partial charge is 0.325 e. The van der Waals surface area contributed by atoms with Crippen molar-refractivity contribution in [2.24, 2.45) is 11.7 Å². The summed E-state index contributed by atoms with van der Waals surface area (Å²) in [6.45, 7) is 1.90. The van der Waals surface area contributed by atoms with E-state index < -0.39 is 11.5 Å². The zero-order valence-electron chi connectivity index (χ0n) is 9.69. The van der Waals surface area contributed by atoms with Crippen molar-refractivity contribution >= 4 is 5.97 Å². The predicted octanol–water partition coefficient (Wildman–Crippen LogP) is -0.101. The van der Waals surface area contributed by atoms with E-state index >= 15 is 0 Å². The summed E-state index contributed by atoms with van der Waals surface area (Å²) >= 11 is 0. The van der Waals surface area contributed by atoms with Gasteiger partial charge in [0.15, 0.2) is 0 Å². The van der Waals surface area contributed by atoms with Gasteiger partial charge in [0.05, 0.1) is 6.61 Å². The van der Waals surface area contributed by atoms with Crippen LogP contribution in [-0.4, -0.2) is 54.4 Å². The van der Waals surface area contributed by atoms with Crippen molar-refractivity contribution in [2.45, 2.75) is 30.8 Å². The second-order valence-electron chi connectivity index (χ2n) is 5.04. The third kappa shape index (κ3) is 2.21. The first kappa shape index (κ1) is 11.8. The number of rotatable bonds is 5. The molecule has 1 saturated heterocycles. The van der Waals surface area contributed by atoms with Crippen LogP contribution in [0.3, 0.4) is 0 Å². The van der Waals surface area contributed by atoms with E-state index in [9.17, 15) is 4.79 Å². The molecule has 2 rings (SSSR count). The molecule has 1 saturated carbocycles. The van der Waals surface area contributed by atoms with Gasteiger partial charge in [0.1, 0.15) is 5.54 Å². The number of nitrogens with zero attached hydrogens (tertiary/aromatic N) is 1. The molecule has 2 unspecified atom stereocenters. The van der Waals surface area contributed by atoms with Gasteiger partial charge in [-0.05, 0) is 25.2 Å². The molecule has 5 nitrogen and oxygen atoms in total. The van der Waals surface area contributed by atoms with E-state index in [1.54, 1.807) is 7.11 Å². The number of carbonyl (C=O) groups is 1. The van der Waals surface area contributed by atoms with Gasteiger partial charge in [0, 0.05) is 26.2 Å². The number of carboxylic acids is 1. The number of ether oxygens (including phenoxy) is 1. The summed E-state index contributed by atoms with van der Waals surface area (Å²) in [7, 11) is 1.69. The third-order valence-electron chi connectivity index (χ3n) is 3.73. The molecular weight excluding hydrogens is 208 g/mol. The fourth-order valence-electron chi connectivity index (χ4n) is 2.51. The average molecular weight is 228 g/mol. The molecule has 0 aromatic rings. The highest BCUT2D eigenvalue weighted by atomic mass is 16.5. The first-order valence-corrected chi connectivity index (χ1v) is 5.82. The lowest BCUT2D eigenvalue weighted by atomic mass is 10.0. The van der Waals surface area contributed by atoms with Crippen LogP contribution in [0.4, 0.5) is 0 Å². The van der Waals surface area contributed by atoms with Crippen LogP contribution < -0.4 is 5.73 Å². The summed E-state index contributed by atoms with van der Waals surface area (Å²) in [6.07, 6.45) is 3.00. The van der Waals surface area contributed by atoms with Crippen LogP contribution >= 0.6 is 0 Å². The van der Waals surface area contributed by atoms with Crippen molar-refractivity contribution in [3.63, 3.8) is 0 Å². The molecule has 2 aliphatic rings. The minimum absolute atomic E-state index is 0.356. The Morgan fingerprint density at radius 2 is 2.38 bits per heavy atom. The number of carboxylic acid groups (broad SMARTS) is 1. The molecule has 1 aliphatic heterocycles. The van der Waals surface area contributed by atoms with Gasteiger partial charge in [0.2, 0.25) is 0 Å². The monoisotopic (exact) mass is 228 g/mol. The Bertz CT molecular complexity index is 280. The summed E-state index contributed by atoms with van der Waals surface area (Å²) in [6, 6.07) is 0.356. The van der Waals surface area contributed by atoms with Gasteiger partial charge in [-0.1, -0.05) is 0 Å². The van der Waals surface area contributed by atoms with Crippen LogP contribution in [0, 0.1) is 5.92 Å². The van der Waals surface area contributed by atoms with Gasteiger partial charge >= 0.3 is 5.97 Å². The van der Waals surface area contributed by atoms with Crippen LogP contribution in [0.1, 0.15) is 19.3 Å². The van der Waals surface area contributed by atoms with Gasteiger partial charge in [-0.3, -0.25) is 9.69 Å². The van der Waals surface area contributed by atoms with Crippen molar-refractivity contribution < 1.29 is 14.6 Å². The molecule has 0 aromatic carbocycles. The van der Waals surface area contributed by atoms with Gasteiger partial charge in [-0.25, -0.2) is 0 Å². The van der Waals surface area contributed by atoms with Crippen LogP contribution in [0.5, 0.6) is 0 Å². The molecule has 0 spiro atoms. The van der Waals surface area contributed by atoms with Crippen LogP contribution in [0.2, 0.25) is 0 Å². The second kappa shape index (κ2) is 4.31. The zero-order valence-corrected chi connectivity index (χ0v) is 9.69. The number of hydrogen-bond acceptors (Lipinski definition) is 4. The number of nitrogens with two attached hydrogens (primary N) is 1. The fraction of sp³-hybridized carbons (Fsp3) is 0.909. The molecule has 0 amide bonds. The maximum Gasteiger partial charge on any atom is 0.325 e. The molecule has 16 heavy (non-hydrogen) atoms. The Morgan fingerprint density at radius 3 is 2.81 bits per heavy atom. The first-order chi connectivity index (χ1) is 7.57. The molecule has 3 N–H and O–H groups in total. The summed E-state index contributed by atoms with van der Waals surface area (Å²) < 4.78 is 5.22. The van der Waals surface area contributed by atoms with E-state index in [-0.39, 0.29) is 0 Å². The predicted molar refractivity (Wildman–Crippen MR) is 59.1 cm³/mol. The zero-order chi connectivity index (χ0) is 11.8. The Hall–Kier alpha value is -0.650. The van der Waals surface area contributed by atoms with Gasteiger partial charge in [-0.15, -0.1) is 0 Å².